The molecule has 1 amide bonds. The molecular formula is C23H25F3N6O2. The van der Waals surface area contributed by atoms with Crippen LogP contribution in [0.4, 0.5) is 19.1 Å². The quantitative estimate of drug-likeness (QED) is 0.542. The minimum atomic E-state index is -4.75. The molecule has 0 radical (unpaired) electrons. The first kappa shape index (κ1) is 23.5. The molecule has 4 rings (SSSR count). The Morgan fingerprint density at radius 2 is 2.00 bits per heavy atom. The first-order chi connectivity index (χ1) is 16.2. The van der Waals surface area contributed by atoms with E-state index in [1.165, 1.54) is 12.1 Å². The van der Waals surface area contributed by atoms with Gasteiger partial charge in [0.05, 0.1) is 5.69 Å². The van der Waals surface area contributed by atoms with Gasteiger partial charge in [-0.15, -0.1) is 13.2 Å². The Labute approximate surface area is 195 Å². The van der Waals surface area contributed by atoms with Crippen LogP contribution in [-0.2, 0) is 11.3 Å². The van der Waals surface area contributed by atoms with Gasteiger partial charge in [-0.05, 0) is 36.6 Å². The van der Waals surface area contributed by atoms with Gasteiger partial charge in [-0.1, -0.05) is 12.1 Å². The molecule has 0 unspecified atom stereocenters. The number of carbonyl (C=O) groups excluding carboxylic acids is 1. The lowest BCUT2D eigenvalue weighted by Gasteiger charge is -2.33. The van der Waals surface area contributed by atoms with Gasteiger partial charge in [-0.25, -0.2) is 9.97 Å². The zero-order valence-corrected chi connectivity index (χ0v) is 18.9. The first-order valence-corrected chi connectivity index (χ1v) is 10.9. The molecule has 11 heteroatoms. The fraction of sp³-hybridized carbons (Fsp3) is 0.391. The summed E-state index contributed by atoms with van der Waals surface area (Å²) in [6, 6.07) is 7.43. The fourth-order valence-electron chi connectivity index (χ4n) is 4.03. The standard InChI is InChI=1S/C23H25F3N6O2/c1-30(2)22-27-13-19(16-6-8-18(9-7-16)34-23(24,25)26)21(29-22)17-5-3-11-31(14-17)20(33)15-32-12-4-10-28-32/h4,6-10,12-13,17H,3,5,11,14-15H2,1-2H3/t17-/m0/s1. The minimum Gasteiger partial charge on any atom is -0.406 e. The number of alkyl halides is 3. The van der Waals surface area contributed by atoms with Gasteiger partial charge < -0.3 is 14.5 Å². The molecule has 2 aromatic heterocycles. The predicted octanol–water partition coefficient (Wildman–Crippen LogP) is 3.71. The van der Waals surface area contributed by atoms with E-state index in [-0.39, 0.29) is 24.1 Å². The largest absolute Gasteiger partial charge is 0.573 e. The number of nitrogens with zero attached hydrogens (tertiary/aromatic N) is 6. The lowest BCUT2D eigenvalue weighted by Crippen LogP contribution is -2.41. The van der Waals surface area contributed by atoms with Crippen molar-refractivity contribution in [2.75, 3.05) is 32.1 Å². The molecule has 1 fully saturated rings. The Morgan fingerprint density at radius 3 is 2.65 bits per heavy atom. The Morgan fingerprint density at radius 1 is 1.24 bits per heavy atom. The van der Waals surface area contributed by atoms with E-state index in [1.807, 2.05) is 19.0 Å². The molecule has 34 heavy (non-hydrogen) atoms. The monoisotopic (exact) mass is 474 g/mol. The van der Waals surface area contributed by atoms with Crippen LogP contribution in [0.15, 0.2) is 48.9 Å². The fourth-order valence-corrected chi connectivity index (χ4v) is 4.03. The van der Waals surface area contributed by atoms with Crippen molar-refractivity contribution >= 4 is 11.9 Å². The highest BCUT2D eigenvalue weighted by Gasteiger charge is 2.31. The Hall–Kier alpha value is -3.63. The highest BCUT2D eigenvalue weighted by molar-refractivity contribution is 5.76. The van der Waals surface area contributed by atoms with Crippen molar-refractivity contribution in [2.24, 2.45) is 0 Å². The molecule has 0 saturated carbocycles. The zero-order valence-electron chi connectivity index (χ0n) is 18.9. The third-order valence-electron chi connectivity index (χ3n) is 5.62. The normalized spacial score (nSPS) is 16.4. The Bertz CT molecular complexity index is 1120. The summed E-state index contributed by atoms with van der Waals surface area (Å²) in [5.74, 6) is 0.163. The minimum absolute atomic E-state index is 0.0227. The van der Waals surface area contributed by atoms with E-state index >= 15 is 0 Å². The van der Waals surface area contributed by atoms with Crippen LogP contribution in [0.25, 0.3) is 11.1 Å². The van der Waals surface area contributed by atoms with Crippen LogP contribution in [0.1, 0.15) is 24.5 Å². The van der Waals surface area contributed by atoms with Crippen LogP contribution in [0, 0.1) is 0 Å². The molecule has 1 saturated heterocycles. The molecular weight excluding hydrogens is 449 g/mol. The van der Waals surface area contributed by atoms with Gasteiger partial charge in [0.25, 0.3) is 0 Å². The first-order valence-electron chi connectivity index (χ1n) is 10.9. The van der Waals surface area contributed by atoms with Gasteiger partial charge in [-0.3, -0.25) is 9.48 Å². The van der Waals surface area contributed by atoms with Gasteiger partial charge in [0.1, 0.15) is 12.3 Å². The maximum Gasteiger partial charge on any atom is 0.573 e. The van der Waals surface area contributed by atoms with E-state index in [2.05, 4.69) is 14.8 Å². The van der Waals surface area contributed by atoms with Crippen molar-refractivity contribution in [1.29, 1.82) is 0 Å². The average molecular weight is 474 g/mol. The lowest BCUT2D eigenvalue weighted by molar-refractivity contribution is -0.274. The van der Waals surface area contributed by atoms with E-state index in [0.29, 0.717) is 24.6 Å². The van der Waals surface area contributed by atoms with E-state index in [9.17, 15) is 18.0 Å². The summed E-state index contributed by atoms with van der Waals surface area (Å²) < 4.78 is 43.2. The molecule has 0 aliphatic carbocycles. The van der Waals surface area contributed by atoms with Crippen LogP contribution >= 0.6 is 0 Å². The molecule has 1 aromatic carbocycles. The van der Waals surface area contributed by atoms with E-state index in [0.717, 1.165) is 24.1 Å². The maximum absolute atomic E-state index is 12.8. The number of aromatic nitrogens is 4. The second-order valence-electron chi connectivity index (χ2n) is 8.32. The lowest BCUT2D eigenvalue weighted by atomic mass is 9.90. The summed E-state index contributed by atoms with van der Waals surface area (Å²) in [7, 11) is 3.67. The summed E-state index contributed by atoms with van der Waals surface area (Å²) in [6.45, 7) is 1.31. The molecule has 3 aromatic rings. The van der Waals surface area contributed by atoms with Crippen LogP contribution in [0.2, 0.25) is 0 Å². The molecule has 180 valence electrons. The summed E-state index contributed by atoms with van der Waals surface area (Å²) in [6.07, 6.45) is 1.95. The van der Waals surface area contributed by atoms with Crippen LogP contribution in [-0.4, -0.2) is 64.1 Å². The number of anilines is 1. The molecule has 1 aliphatic rings. The predicted molar refractivity (Wildman–Crippen MR) is 119 cm³/mol. The van der Waals surface area contributed by atoms with Crippen LogP contribution in [0.3, 0.4) is 0 Å². The van der Waals surface area contributed by atoms with Gasteiger partial charge in [0.15, 0.2) is 0 Å². The van der Waals surface area contributed by atoms with Gasteiger partial charge >= 0.3 is 6.36 Å². The maximum atomic E-state index is 12.8. The van der Waals surface area contributed by atoms with Crippen molar-refractivity contribution < 1.29 is 22.7 Å². The van der Waals surface area contributed by atoms with Crippen molar-refractivity contribution in [1.82, 2.24) is 24.6 Å². The number of benzene rings is 1. The molecule has 0 bridgehead atoms. The third-order valence-corrected chi connectivity index (χ3v) is 5.62. The number of hydrogen-bond acceptors (Lipinski definition) is 6. The number of halogens is 3. The summed E-state index contributed by atoms with van der Waals surface area (Å²) >= 11 is 0. The molecule has 1 aliphatic heterocycles. The molecule has 0 spiro atoms. The van der Waals surface area contributed by atoms with Crippen molar-refractivity contribution in [2.45, 2.75) is 31.7 Å². The highest BCUT2D eigenvalue weighted by atomic mass is 19.4. The smallest absolute Gasteiger partial charge is 0.406 e. The Kier molecular flexibility index (Phi) is 6.71. The number of piperidine rings is 1. The van der Waals surface area contributed by atoms with Gasteiger partial charge in [0, 0.05) is 57.3 Å². The van der Waals surface area contributed by atoms with Crippen molar-refractivity contribution in [3.63, 3.8) is 0 Å². The number of ether oxygens (including phenoxy) is 1. The highest BCUT2D eigenvalue weighted by Crippen LogP contribution is 2.35. The van der Waals surface area contributed by atoms with Crippen molar-refractivity contribution in [3.8, 4) is 16.9 Å². The summed E-state index contributed by atoms with van der Waals surface area (Å²) in [5, 5.41) is 4.10. The number of likely N-dealkylation sites (tertiary alicyclic amines) is 1. The van der Waals surface area contributed by atoms with E-state index < -0.39 is 6.36 Å². The average Bonchev–Trinajstić information content (AvgIpc) is 3.31. The van der Waals surface area contributed by atoms with Crippen LogP contribution < -0.4 is 9.64 Å². The van der Waals surface area contributed by atoms with Crippen molar-refractivity contribution in [3.05, 3.63) is 54.6 Å². The van der Waals surface area contributed by atoms with Gasteiger partial charge in [-0.2, -0.15) is 5.10 Å². The summed E-state index contributed by atoms with van der Waals surface area (Å²) in [5.41, 5.74) is 2.16. The molecule has 8 nitrogen and oxygen atoms in total. The second-order valence-corrected chi connectivity index (χ2v) is 8.32. The number of amides is 1. The SMILES string of the molecule is CN(C)c1ncc(-c2ccc(OC(F)(F)F)cc2)c([C@H]2CCCN(C(=O)Cn3cccn3)C2)n1. The topological polar surface area (TPSA) is 76.4 Å². The Balaban J connectivity index is 1.61. The summed E-state index contributed by atoms with van der Waals surface area (Å²) in [4.78, 5) is 25.6. The molecule has 0 N–H and O–H groups in total. The number of rotatable bonds is 6. The number of carbonyl (C=O) groups is 1. The molecule has 3 heterocycles. The van der Waals surface area contributed by atoms with E-state index in [4.69, 9.17) is 4.98 Å². The third kappa shape index (κ3) is 5.64. The molecule has 1 atom stereocenters. The van der Waals surface area contributed by atoms with Crippen LogP contribution in [0.5, 0.6) is 5.75 Å². The zero-order chi connectivity index (χ0) is 24.3. The van der Waals surface area contributed by atoms with E-state index in [1.54, 1.807) is 46.4 Å². The number of hydrogen-bond donors (Lipinski definition) is 0. The van der Waals surface area contributed by atoms with Gasteiger partial charge in [0.2, 0.25) is 11.9 Å². The second kappa shape index (κ2) is 9.70.